The Labute approximate surface area is 141 Å². The Morgan fingerprint density at radius 3 is 2.42 bits per heavy atom. The predicted molar refractivity (Wildman–Crippen MR) is 91.3 cm³/mol. The van der Waals surface area contributed by atoms with E-state index in [9.17, 15) is 9.59 Å². The summed E-state index contributed by atoms with van der Waals surface area (Å²) in [5, 5.41) is 3.18. The fraction of sp³-hybridized carbons (Fsp3) is 0.471. The van der Waals surface area contributed by atoms with Gasteiger partial charge in [0.05, 0.1) is 6.54 Å². The maximum absolute atomic E-state index is 12.9. The van der Waals surface area contributed by atoms with Gasteiger partial charge in [0.2, 0.25) is 0 Å². The number of hydrogen-bond acceptors (Lipinski definition) is 3. The Kier molecular flexibility index (Phi) is 4.17. The minimum Gasteiger partial charge on any atom is -0.334 e. The van der Waals surface area contributed by atoms with Crippen molar-refractivity contribution in [2.24, 2.45) is 4.99 Å². The number of imide groups is 1. The van der Waals surface area contributed by atoms with Crippen molar-refractivity contribution in [3.63, 3.8) is 0 Å². The zero-order valence-electron chi connectivity index (χ0n) is 14.5. The van der Waals surface area contributed by atoms with E-state index in [0.717, 1.165) is 11.1 Å². The van der Waals surface area contributed by atoms with Gasteiger partial charge >= 0.3 is 6.03 Å². The lowest BCUT2D eigenvalue weighted by Crippen LogP contribution is -2.65. The Morgan fingerprint density at radius 2 is 1.79 bits per heavy atom. The highest BCUT2D eigenvalue weighted by molar-refractivity contribution is 6.04. The average Bonchev–Trinajstić information content (AvgIpc) is 2.89. The van der Waals surface area contributed by atoms with Gasteiger partial charge in [0.15, 0.2) is 12.0 Å². The number of aliphatic imine (C=N–C) groups is 1. The molecule has 24 heavy (non-hydrogen) atoms. The molecular formula is C17H23N5O2. The van der Waals surface area contributed by atoms with E-state index in [0.29, 0.717) is 12.5 Å². The molecule has 2 aliphatic rings. The number of carbonyl (C=O) groups is 2. The fourth-order valence-corrected chi connectivity index (χ4v) is 3.16. The van der Waals surface area contributed by atoms with Gasteiger partial charge in [-0.3, -0.25) is 14.7 Å². The molecule has 0 saturated carbocycles. The van der Waals surface area contributed by atoms with Gasteiger partial charge in [-0.05, 0) is 19.4 Å². The normalized spacial score (nSPS) is 25.3. The number of fused-ring (bicyclic) bond motifs is 1. The second-order valence-corrected chi connectivity index (χ2v) is 6.25. The van der Waals surface area contributed by atoms with Crippen molar-refractivity contribution in [1.82, 2.24) is 20.0 Å². The van der Waals surface area contributed by atoms with Crippen molar-refractivity contribution in [3.8, 4) is 0 Å². The Balaban J connectivity index is 1.87. The number of carbonyl (C=O) groups excluding carboxylic acids is 2. The molecule has 0 bridgehead atoms. The molecule has 1 aromatic carbocycles. The first-order chi connectivity index (χ1) is 11.4. The Bertz CT molecular complexity index is 685. The highest BCUT2D eigenvalue weighted by Gasteiger charge is 2.51. The van der Waals surface area contributed by atoms with Crippen molar-refractivity contribution in [1.29, 1.82) is 0 Å². The monoisotopic (exact) mass is 329 g/mol. The first-order valence-corrected chi connectivity index (χ1v) is 8.11. The molecule has 2 saturated heterocycles. The molecule has 2 heterocycles. The third-order valence-electron chi connectivity index (χ3n) is 4.57. The van der Waals surface area contributed by atoms with E-state index in [-0.39, 0.29) is 24.6 Å². The molecule has 0 aliphatic carbocycles. The number of guanidine groups is 1. The van der Waals surface area contributed by atoms with Crippen LogP contribution in [0.15, 0.2) is 29.3 Å². The highest BCUT2D eigenvalue weighted by Crippen LogP contribution is 2.25. The average molecular weight is 329 g/mol. The predicted octanol–water partition coefficient (Wildman–Crippen LogP) is 0.995. The molecule has 2 fully saturated rings. The molecule has 2 aliphatic heterocycles. The minimum atomic E-state index is -0.455. The summed E-state index contributed by atoms with van der Waals surface area (Å²) in [5.41, 5.74) is 2.08. The van der Waals surface area contributed by atoms with Crippen LogP contribution in [0.1, 0.15) is 18.1 Å². The van der Waals surface area contributed by atoms with Crippen LogP contribution in [0.4, 0.5) is 4.79 Å². The largest absolute Gasteiger partial charge is 0.334 e. The van der Waals surface area contributed by atoms with Crippen LogP contribution in [-0.2, 0) is 11.3 Å². The number of aryl methyl sites for hydroxylation is 1. The number of nitrogens with zero attached hydrogens (tertiary/aromatic N) is 4. The fourth-order valence-electron chi connectivity index (χ4n) is 3.16. The minimum absolute atomic E-state index is 0.194. The number of nitrogens with one attached hydrogen (secondary N) is 1. The van der Waals surface area contributed by atoms with Crippen molar-refractivity contribution < 1.29 is 9.59 Å². The van der Waals surface area contributed by atoms with E-state index in [1.807, 2.05) is 50.1 Å². The summed E-state index contributed by atoms with van der Waals surface area (Å²) in [6.45, 7) is 4.84. The highest BCUT2D eigenvalue weighted by atomic mass is 16.2. The standard InChI is InChI=1S/C17H23N5O2/c1-5-18-16-19-14-13(20(16)3)15(23)22(17(24)21(14)4)10-12-8-6-11(2)7-9-12/h6-9,13-14H,5,10H2,1-4H3,(H,18,19). The van der Waals surface area contributed by atoms with Gasteiger partial charge in [0.1, 0.15) is 6.17 Å². The van der Waals surface area contributed by atoms with E-state index in [1.165, 1.54) is 4.90 Å². The van der Waals surface area contributed by atoms with E-state index >= 15 is 0 Å². The van der Waals surface area contributed by atoms with Gasteiger partial charge in [-0.2, -0.15) is 0 Å². The van der Waals surface area contributed by atoms with Crippen LogP contribution in [0.5, 0.6) is 0 Å². The maximum Gasteiger partial charge on any atom is 0.328 e. The van der Waals surface area contributed by atoms with Gasteiger partial charge in [-0.1, -0.05) is 29.8 Å². The first kappa shape index (κ1) is 16.3. The molecule has 2 atom stereocenters. The van der Waals surface area contributed by atoms with Crippen LogP contribution in [0, 0.1) is 6.92 Å². The third-order valence-corrected chi connectivity index (χ3v) is 4.57. The number of benzene rings is 1. The van der Waals surface area contributed by atoms with Gasteiger partial charge in [0.25, 0.3) is 5.91 Å². The lowest BCUT2D eigenvalue weighted by molar-refractivity contribution is -0.137. The first-order valence-electron chi connectivity index (χ1n) is 8.11. The van der Waals surface area contributed by atoms with Crippen LogP contribution in [0.25, 0.3) is 0 Å². The molecular weight excluding hydrogens is 306 g/mol. The number of likely N-dealkylation sites (N-methyl/N-ethyl adjacent to an activating group) is 2. The number of urea groups is 1. The molecule has 0 radical (unpaired) electrons. The second kappa shape index (κ2) is 6.14. The van der Waals surface area contributed by atoms with Crippen molar-refractivity contribution in [3.05, 3.63) is 35.4 Å². The summed E-state index contributed by atoms with van der Waals surface area (Å²) < 4.78 is 0. The summed E-state index contributed by atoms with van der Waals surface area (Å²) in [6.07, 6.45) is -0.380. The van der Waals surface area contributed by atoms with Crippen LogP contribution < -0.4 is 5.32 Å². The molecule has 7 heteroatoms. The van der Waals surface area contributed by atoms with Crippen LogP contribution in [0.2, 0.25) is 0 Å². The molecule has 1 N–H and O–H groups in total. The molecule has 0 aromatic heterocycles. The summed E-state index contributed by atoms with van der Waals surface area (Å²) in [7, 11) is 3.54. The van der Waals surface area contributed by atoms with E-state index < -0.39 is 6.04 Å². The van der Waals surface area contributed by atoms with Crippen molar-refractivity contribution >= 4 is 17.9 Å². The summed E-state index contributed by atoms with van der Waals surface area (Å²) in [5.74, 6) is 0.456. The van der Waals surface area contributed by atoms with Gasteiger partial charge in [-0.15, -0.1) is 0 Å². The smallest absolute Gasteiger partial charge is 0.328 e. The zero-order valence-corrected chi connectivity index (χ0v) is 14.5. The third kappa shape index (κ3) is 2.60. The Hall–Kier alpha value is -2.57. The van der Waals surface area contributed by atoms with E-state index in [2.05, 4.69) is 10.3 Å². The van der Waals surface area contributed by atoms with Crippen molar-refractivity contribution in [2.75, 3.05) is 20.6 Å². The number of rotatable bonds is 3. The summed E-state index contributed by atoms with van der Waals surface area (Å²) >= 11 is 0. The van der Waals surface area contributed by atoms with Gasteiger partial charge in [0, 0.05) is 20.6 Å². The maximum atomic E-state index is 12.9. The molecule has 128 valence electrons. The molecule has 3 rings (SSSR count). The van der Waals surface area contributed by atoms with Crippen LogP contribution in [-0.4, -0.2) is 65.4 Å². The SMILES string of the molecule is CCN=C1NC2C(C(=O)N(Cc3ccc(C)cc3)C(=O)N2C)N1C. The molecule has 2 unspecified atom stereocenters. The summed E-state index contributed by atoms with van der Waals surface area (Å²) in [6, 6.07) is 7.11. The second-order valence-electron chi connectivity index (χ2n) is 6.25. The molecule has 3 amide bonds. The van der Waals surface area contributed by atoms with Crippen molar-refractivity contribution in [2.45, 2.75) is 32.6 Å². The van der Waals surface area contributed by atoms with Gasteiger partial charge < -0.3 is 15.1 Å². The number of hydrogen-bond donors (Lipinski definition) is 1. The van der Waals surface area contributed by atoms with E-state index in [4.69, 9.17) is 0 Å². The lowest BCUT2D eigenvalue weighted by Gasteiger charge is -2.40. The van der Waals surface area contributed by atoms with Crippen LogP contribution in [0.3, 0.4) is 0 Å². The van der Waals surface area contributed by atoms with Crippen LogP contribution >= 0.6 is 0 Å². The quantitative estimate of drug-likeness (QED) is 0.898. The van der Waals surface area contributed by atoms with Gasteiger partial charge in [-0.25, -0.2) is 4.79 Å². The lowest BCUT2D eigenvalue weighted by atomic mass is 10.1. The number of amides is 3. The molecule has 0 spiro atoms. The molecule has 7 nitrogen and oxygen atoms in total. The topological polar surface area (TPSA) is 68.2 Å². The summed E-state index contributed by atoms with van der Waals surface area (Å²) in [4.78, 5) is 34.7. The molecule has 1 aromatic rings. The zero-order chi connectivity index (χ0) is 17.4. The van der Waals surface area contributed by atoms with E-state index in [1.54, 1.807) is 11.9 Å². The Morgan fingerprint density at radius 1 is 1.12 bits per heavy atom.